The Hall–Kier alpha value is -1.46. The van der Waals surface area contributed by atoms with Crippen LogP contribution in [0.4, 0.5) is 9.59 Å². The van der Waals surface area contributed by atoms with Gasteiger partial charge in [-0.3, -0.25) is 4.90 Å². The summed E-state index contributed by atoms with van der Waals surface area (Å²) < 4.78 is 0. The fourth-order valence-electron chi connectivity index (χ4n) is 2.09. The third kappa shape index (κ3) is 1.32. The molecule has 2 rings (SSSR count). The van der Waals surface area contributed by atoms with Gasteiger partial charge in [0.25, 0.3) is 0 Å². The molecule has 0 aromatic carbocycles. The van der Waals surface area contributed by atoms with Gasteiger partial charge < -0.3 is 15.5 Å². The van der Waals surface area contributed by atoms with Crippen LogP contribution >= 0.6 is 0 Å². The van der Waals surface area contributed by atoms with Gasteiger partial charge in [0.05, 0.1) is 0 Å². The lowest BCUT2D eigenvalue weighted by atomic mass is 10.1. The maximum absolute atomic E-state index is 11.9. The predicted octanol–water partition coefficient (Wildman–Crippen LogP) is 0.117. The third-order valence-corrected chi connectivity index (χ3v) is 2.78. The molecule has 2 aliphatic rings. The van der Waals surface area contributed by atoms with Gasteiger partial charge in [0, 0.05) is 12.6 Å². The molecule has 0 aromatic rings. The van der Waals surface area contributed by atoms with Gasteiger partial charge in [-0.1, -0.05) is 0 Å². The number of amides is 4. The summed E-state index contributed by atoms with van der Waals surface area (Å²) in [6.07, 6.45) is -0.528. The maximum Gasteiger partial charge on any atom is 0.323 e. The molecule has 6 nitrogen and oxygen atoms in total. The fourth-order valence-corrected chi connectivity index (χ4v) is 2.09. The van der Waals surface area contributed by atoms with Gasteiger partial charge in [-0.2, -0.15) is 0 Å². The van der Waals surface area contributed by atoms with Crippen molar-refractivity contribution in [2.24, 2.45) is 0 Å². The van der Waals surface area contributed by atoms with E-state index in [4.69, 9.17) is 0 Å². The van der Waals surface area contributed by atoms with Crippen LogP contribution in [0.3, 0.4) is 0 Å². The van der Waals surface area contributed by atoms with Crippen LogP contribution in [0.15, 0.2) is 0 Å². The first-order valence-corrected chi connectivity index (χ1v) is 4.95. The zero-order valence-corrected chi connectivity index (χ0v) is 9.37. The van der Waals surface area contributed by atoms with E-state index >= 15 is 0 Å². The molecule has 2 unspecified atom stereocenters. The van der Waals surface area contributed by atoms with E-state index < -0.39 is 0 Å². The zero-order valence-electron chi connectivity index (χ0n) is 9.37. The second kappa shape index (κ2) is 2.77. The molecular formula is C9H16N4O2. The quantitative estimate of drug-likeness (QED) is 0.599. The molecule has 0 saturated carbocycles. The molecule has 2 N–H and O–H groups in total. The number of fused-ring (bicyclic) bond motifs is 1. The number of carbonyl (C=O) groups excluding carboxylic acids is 2. The number of hydrogen-bond acceptors (Lipinski definition) is 2. The first kappa shape index (κ1) is 10.1. The molecular weight excluding hydrogens is 196 g/mol. The van der Waals surface area contributed by atoms with Crippen molar-refractivity contribution in [2.45, 2.75) is 38.6 Å². The van der Waals surface area contributed by atoms with Gasteiger partial charge in [-0.05, 0) is 20.8 Å². The largest absolute Gasteiger partial charge is 0.323 e. The average molecular weight is 212 g/mol. The maximum atomic E-state index is 11.9. The number of carbonyl (C=O) groups is 2. The zero-order chi connectivity index (χ0) is 11.4. The first-order chi connectivity index (χ1) is 6.82. The molecule has 2 aliphatic heterocycles. The van der Waals surface area contributed by atoms with Crippen molar-refractivity contribution in [1.82, 2.24) is 20.4 Å². The van der Waals surface area contributed by atoms with E-state index in [-0.39, 0.29) is 29.9 Å². The Bertz CT molecular complexity index is 323. The highest BCUT2D eigenvalue weighted by Crippen LogP contribution is 2.28. The molecule has 0 radical (unpaired) electrons. The van der Waals surface area contributed by atoms with Crippen molar-refractivity contribution in [3.8, 4) is 0 Å². The molecule has 15 heavy (non-hydrogen) atoms. The molecule has 0 spiro atoms. The van der Waals surface area contributed by atoms with Crippen molar-refractivity contribution < 1.29 is 9.59 Å². The average Bonchev–Trinajstić information content (AvgIpc) is 2.51. The first-order valence-electron chi connectivity index (χ1n) is 4.95. The van der Waals surface area contributed by atoms with Crippen LogP contribution in [0.25, 0.3) is 0 Å². The highest BCUT2D eigenvalue weighted by molar-refractivity contribution is 5.85. The molecule has 0 bridgehead atoms. The van der Waals surface area contributed by atoms with Gasteiger partial charge in [0.2, 0.25) is 0 Å². The smallest absolute Gasteiger partial charge is 0.314 e. The Kier molecular flexibility index (Phi) is 1.86. The Morgan fingerprint density at radius 2 is 1.67 bits per heavy atom. The van der Waals surface area contributed by atoms with E-state index in [0.717, 1.165) is 0 Å². The standard InChI is InChI=1S/C9H16N4O2/c1-9(2,3)13-6-5(10-7(14)11-6)12(4)8(13)15/h5-6H,1-4H3,(H2,10,11,14). The molecule has 2 heterocycles. The number of nitrogens with zero attached hydrogens (tertiary/aromatic N) is 2. The van der Waals surface area contributed by atoms with Crippen LogP contribution in [-0.4, -0.2) is 46.8 Å². The van der Waals surface area contributed by atoms with E-state index in [1.807, 2.05) is 20.8 Å². The van der Waals surface area contributed by atoms with Crippen LogP contribution in [0.1, 0.15) is 20.8 Å². The number of rotatable bonds is 0. The second-order valence-corrected chi connectivity index (χ2v) is 4.94. The topological polar surface area (TPSA) is 64.7 Å². The summed E-state index contributed by atoms with van der Waals surface area (Å²) in [5.41, 5.74) is -0.302. The number of urea groups is 2. The summed E-state index contributed by atoms with van der Waals surface area (Å²) in [7, 11) is 1.69. The number of nitrogens with one attached hydrogen (secondary N) is 2. The summed E-state index contributed by atoms with van der Waals surface area (Å²) in [5, 5.41) is 5.46. The molecule has 2 fully saturated rings. The Morgan fingerprint density at radius 3 is 2.20 bits per heavy atom. The molecule has 2 saturated heterocycles. The second-order valence-electron chi connectivity index (χ2n) is 4.94. The van der Waals surface area contributed by atoms with Gasteiger partial charge >= 0.3 is 12.1 Å². The molecule has 6 heteroatoms. The molecule has 2 atom stereocenters. The summed E-state index contributed by atoms with van der Waals surface area (Å²) in [6, 6.07) is -0.288. The van der Waals surface area contributed by atoms with Crippen LogP contribution in [0.2, 0.25) is 0 Å². The van der Waals surface area contributed by atoms with Crippen molar-refractivity contribution >= 4 is 12.1 Å². The Labute approximate surface area is 88.6 Å². The third-order valence-electron chi connectivity index (χ3n) is 2.78. The fraction of sp³-hybridized carbons (Fsp3) is 0.778. The normalized spacial score (nSPS) is 30.4. The summed E-state index contributed by atoms with van der Waals surface area (Å²) >= 11 is 0. The van der Waals surface area contributed by atoms with E-state index in [1.165, 1.54) is 0 Å². The van der Waals surface area contributed by atoms with Crippen LogP contribution < -0.4 is 10.6 Å². The number of likely N-dealkylation sites (N-methyl/N-ethyl adjacent to an activating group) is 1. The lowest BCUT2D eigenvalue weighted by Gasteiger charge is -2.34. The summed E-state index contributed by atoms with van der Waals surface area (Å²) in [4.78, 5) is 26.4. The van der Waals surface area contributed by atoms with Gasteiger partial charge in [-0.25, -0.2) is 9.59 Å². The molecule has 0 aromatic heterocycles. The van der Waals surface area contributed by atoms with E-state index in [0.29, 0.717) is 0 Å². The van der Waals surface area contributed by atoms with Crippen LogP contribution in [0, 0.1) is 0 Å². The Balaban J connectivity index is 2.32. The Morgan fingerprint density at radius 1 is 1.13 bits per heavy atom. The summed E-state index contributed by atoms with van der Waals surface area (Å²) in [5.74, 6) is 0. The van der Waals surface area contributed by atoms with E-state index in [9.17, 15) is 9.59 Å². The minimum absolute atomic E-state index is 0.0648. The van der Waals surface area contributed by atoms with Gasteiger partial charge in [0.15, 0.2) is 0 Å². The van der Waals surface area contributed by atoms with E-state index in [1.54, 1.807) is 16.8 Å². The van der Waals surface area contributed by atoms with Crippen LogP contribution in [0.5, 0.6) is 0 Å². The minimum Gasteiger partial charge on any atom is -0.314 e. The van der Waals surface area contributed by atoms with Crippen molar-refractivity contribution in [1.29, 1.82) is 0 Å². The van der Waals surface area contributed by atoms with Crippen LogP contribution in [-0.2, 0) is 0 Å². The van der Waals surface area contributed by atoms with E-state index in [2.05, 4.69) is 10.6 Å². The lowest BCUT2D eigenvalue weighted by molar-refractivity contribution is 0.128. The highest BCUT2D eigenvalue weighted by atomic mass is 16.2. The van der Waals surface area contributed by atoms with Crippen molar-refractivity contribution in [3.05, 3.63) is 0 Å². The molecule has 84 valence electrons. The predicted molar refractivity (Wildman–Crippen MR) is 54.0 cm³/mol. The van der Waals surface area contributed by atoms with Crippen molar-refractivity contribution in [2.75, 3.05) is 7.05 Å². The lowest BCUT2D eigenvalue weighted by Crippen LogP contribution is -2.52. The van der Waals surface area contributed by atoms with Gasteiger partial charge in [-0.15, -0.1) is 0 Å². The highest BCUT2D eigenvalue weighted by Gasteiger charge is 2.52. The van der Waals surface area contributed by atoms with Crippen molar-refractivity contribution in [3.63, 3.8) is 0 Å². The summed E-state index contributed by atoms with van der Waals surface area (Å²) in [6.45, 7) is 5.85. The minimum atomic E-state index is -0.302. The SMILES string of the molecule is CN1C(=O)N(C(C)(C)C)C2NC(=O)NC21. The van der Waals surface area contributed by atoms with Gasteiger partial charge in [0.1, 0.15) is 12.3 Å². The monoisotopic (exact) mass is 212 g/mol. The number of hydrogen-bond donors (Lipinski definition) is 2. The molecule has 0 aliphatic carbocycles. The molecule has 4 amide bonds.